The van der Waals surface area contributed by atoms with E-state index in [1.165, 1.54) is 31.3 Å². The summed E-state index contributed by atoms with van der Waals surface area (Å²) >= 11 is 0. The monoisotopic (exact) mass is 515 g/mol. The standard InChI is InChI=1S/C25H29N3O7S/c1-3-4-17-34-21-11-13-22(14-12-21)36(32,33)27(2)24(25(30)26-31)19-7-9-20(10-8-19)35-18-16-28-15-5-6-23(28)29/h7-14,24,31H,5-6,15-18H2,1-2H3,(H,26,30). The van der Waals surface area contributed by atoms with E-state index in [0.29, 0.717) is 36.6 Å². The fraction of sp³-hybridized carbons (Fsp3) is 0.360. The second-order valence-corrected chi connectivity index (χ2v) is 9.99. The second-order valence-electron chi connectivity index (χ2n) is 7.99. The summed E-state index contributed by atoms with van der Waals surface area (Å²) in [5, 5.41) is 9.28. The quantitative estimate of drug-likeness (QED) is 0.266. The first kappa shape index (κ1) is 27.0. The largest absolute Gasteiger partial charge is 0.492 e. The van der Waals surface area contributed by atoms with Crippen molar-refractivity contribution in [3.63, 3.8) is 0 Å². The van der Waals surface area contributed by atoms with Gasteiger partial charge in [0.15, 0.2) is 0 Å². The Kier molecular flexibility index (Phi) is 9.30. The lowest BCUT2D eigenvalue weighted by molar-refractivity contribution is -0.133. The Morgan fingerprint density at radius 3 is 2.36 bits per heavy atom. The van der Waals surface area contributed by atoms with Crippen molar-refractivity contribution >= 4 is 21.8 Å². The average molecular weight is 516 g/mol. The number of likely N-dealkylation sites (tertiary alicyclic amines) is 1. The van der Waals surface area contributed by atoms with E-state index in [1.54, 1.807) is 41.6 Å². The van der Waals surface area contributed by atoms with Crippen LogP contribution in [0, 0.1) is 11.8 Å². The summed E-state index contributed by atoms with van der Waals surface area (Å²) in [6.45, 7) is 3.38. The molecule has 10 nitrogen and oxygen atoms in total. The maximum Gasteiger partial charge on any atom is 0.266 e. The molecular weight excluding hydrogens is 486 g/mol. The Labute approximate surface area is 210 Å². The molecule has 192 valence electrons. The number of carbonyl (C=O) groups excluding carboxylic acids is 2. The summed E-state index contributed by atoms with van der Waals surface area (Å²) in [4.78, 5) is 25.9. The van der Waals surface area contributed by atoms with Crippen molar-refractivity contribution in [2.75, 3.05) is 33.4 Å². The molecule has 3 rings (SSSR count). The molecule has 1 aliphatic rings. The van der Waals surface area contributed by atoms with Crippen molar-refractivity contribution in [1.82, 2.24) is 14.7 Å². The van der Waals surface area contributed by atoms with Gasteiger partial charge in [-0.1, -0.05) is 18.1 Å². The van der Waals surface area contributed by atoms with Crippen LogP contribution in [0.4, 0.5) is 0 Å². The number of ether oxygens (including phenoxy) is 2. The number of hydrogen-bond acceptors (Lipinski definition) is 7. The van der Waals surface area contributed by atoms with Gasteiger partial charge in [-0.25, -0.2) is 13.9 Å². The average Bonchev–Trinajstić information content (AvgIpc) is 3.29. The Balaban J connectivity index is 1.72. The minimum atomic E-state index is -4.11. The van der Waals surface area contributed by atoms with Crippen molar-refractivity contribution in [2.24, 2.45) is 0 Å². The minimum absolute atomic E-state index is 0.0499. The maximum absolute atomic E-state index is 13.2. The van der Waals surface area contributed by atoms with Gasteiger partial charge in [0, 0.05) is 20.0 Å². The predicted molar refractivity (Wildman–Crippen MR) is 131 cm³/mol. The molecule has 1 fully saturated rings. The lowest BCUT2D eigenvalue weighted by atomic mass is 10.1. The number of amides is 2. The van der Waals surface area contributed by atoms with Crippen LogP contribution < -0.4 is 15.0 Å². The van der Waals surface area contributed by atoms with Crippen LogP contribution in [0.15, 0.2) is 53.4 Å². The highest BCUT2D eigenvalue weighted by Crippen LogP contribution is 2.29. The first-order chi connectivity index (χ1) is 17.3. The number of hydroxylamine groups is 1. The topological polar surface area (TPSA) is 125 Å². The first-order valence-electron chi connectivity index (χ1n) is 11.3. The number of nitrogens with zero attached hydrogens (tertiary/aromatic N) is 2. The smallest absolute Gasteiger partial charge is 0.266 e. The van der Waals surface area contributed by atoms with Crippen molar-refractivity contribution < 1.29 is 32.7 Å². The van der Waals surface area contributed by atoms with Gasteiger partial charge in [-0.05, 0) is 55.3 Å². The summed E-state index contributed by atoms with van der Waals surface area (Å²) in [7, 11) is -2.86. The van der Waals surface area contributed by atoms with E-state index in [9.17, 15) is 23.2 Å². The Morgan fingerprint density at radius 2 is 1.78 bits per heavy atom. The third-order valence-corrected chi connectivity index (χ3v) is 7.54. The van der Waals surface area contributed by atoms with E-state index in [1.807, 2.05) is 0 Å². The van der Waals surface area contributed by atoms with Gasteiger partial charge in [0.05, 0.1) is 11.4 Å². The van der Waals surface area contributed by atoms with Gasteiger partial charge in [0.25, 0.3) is 5.91 Å². The number of benzene rings is 2. The molecule has 1 unspecified atom stereocenters. The second kappa shape index (κ2) is 12.4. The molecule has 0 bridgehead atoms. The van der Waals surface area contributed by atoms with Crippen LogP contribution in [-0.4, -0.2) is 68.0 Å². The highest BCUT2D eigenvalue weighted by molar-refractivity contribution is 7.89. The van der Waals surface area contributed by atoms with Crippen LogP contribution in [0.25, 0.3) is 0 Å². The molecule has 1 aliphatic heterocycles. The number of carbonyl (C=O) groups is 2. The fourth-order valence-corrected chi connectivity index (χ4v) is 5.06. The summed E-state index contributed by atoms with van der Waals surface area (Å²) in [5.74, 6) is 5.60. The summed E-state index contributed by atoms with van der Waals surface area (Å²) in [6, 6.07) is 10.7. The lowest BCUT2D eigenvalue weighted by Crippen LogP contribution is -2.40. The highest BCUT2D eigenvalue weighted by atomic mass is 32.2. The molecular formula is C25H29N3O7S. The van der Waals surface area contributed by atoms with Crippen LogP contribution >= 0.6 is 0 Å². The molecule has 2 aromatic carbocycles. The number of nitrogens with one attached hydrogen (secondary N) is 1. The van der Waals surface area contributed by atoms with E-state index in [2.05, 4.69) is 11.8 Å². The van der Waals surface area contributed by atoms with Crippen molar-refractivity contribution in [3.05, 3.63) is 54.1 Å². The Morgan fingerprint density at radius 1 is 1.14 bits per heavy atom. The number of hydrogen-bond donors (Lipinski definition) is 2. The molecule has 11 heteroatoms. The molecule has 2 N–H and O–H groups in total. The van der Waals surface area contributed by atoms with Crippen LogP contribution in [-0.2, 0) is 19.6 Å². The molecule has 0 spiro atoms. The van der Waals surface area contributed by atoms with Gasteiger partial charge in [-0.15, -0.1) is 5.92 Å². The molecule has 36 heavy (non-hydrogen) atoms. The van der Waals surface area contributed by atoms with Crippen molar-refractivity contribution in [2.45, 2.75) is 30.7 Å². The van der Waals surface area contributed by atoms with Crippen LogP contribution in [0.1, 0.15) is 31.4 Å². The zero-order chi connectivity index (χ0) is 26.1. The molecule has 1 atom stereocenters. The van der Waals surface area contributed by atoms with Crippen LogP contribution in [0.2, 0.25) is 0 Å². The van der Waals surface area contributed by atoms with Gasteiger partial charge in [-0.3, -0.25) is 14.8 Å². The van der Waals surface area contributed by atoms with E-state index >= 15 is 0 Å². The van der Waals surface area contributed by atoms with Gasteiger partial charge in [-0.2, -0.15) is 4.31 Å². The van der Waals surface area contributed by atoms with Crippen molar-refractivity contribution in [1.29, 1.82) is 0 Å². The van der Waals surface area contributed by atoms with Gasteiger partial charge >= 0.3 is 0 Å². The van der Waals surface area contributed by atoms with Crippen LogP contribution in [0.3, 0.4) is 0 Å². The van der Waals surface area contributed by atoms with Gasteiger partial charge in [0.1, 0.15) is 30.8 Å². The molecule has 2 aromatic rings. The number of sulfonamides is 1. The Bertz CT molecular complexity index is 1220. The summed E-state index contributed by atoms with van der Waals surface area (Å²) < 4.78 is 38.5. The minimum Gasteiger partial charge on any atom is -0.492 e. The predicted octanol–water partition coefficient (Wildman–Crippen LogP) is 1.96. The zero-order valence-corrected chi connectivity index (χ0v) is 21.0. The third-order valence-electron chi connectivity index (χ3n) is 5.71. The molecule has 2 amide bonds. The normalized spacial score (nSPS) is 14.2. The molecule has 0 radical (unpaired) electrons. The van der Waals surface area contributed by atoms with Crippen molar-refractivity contribution in [3.8, 4) is 23.3 Å². The highest BCUT2D eigenvalue weighted by Gasteiger charge is 2.34. The molecule has 1 saturated heterocycles. The maximum atomic E-state index is 13.2. The number of likely N-dealkylation sites (N-methyl/N-ethyl adjacent to an activating group) is 1. The Hall–Kier alpha value is -3.59. The summed E-state index contributed by atoms with van der Waals surface area (Å²) in [5.41, 5.74) is 1.87. The van der Waals surface area contributed by atoms with Gasteiger partial charge < -0.3 is 14.4 Å². The first-order valence-corrected chi connectivity index (χ1v) is 12.8. The molecule has 1 heterocycles. The molecule has 0 saturated carbocycles. The SMILES string of the molecule is CC#CCOc1ccc(S(=O)(=O)N(C)C(C(=O)NO)c2ccc(OCCN3CCCC3=O)cc2)cc1. The van der Waals surface area contributed by atoms with E-state index in [0.717, 1.165) is 17.3 Å². The van der Waals surface area contributed by atoms with Crippen LogP contribution in [0.5, 0.6) is 11.5 Å². The molecule has 0 aromatic heterocycles. The van der Waals surface area contributed by atoms with Gasteiger partial charge in [0.2, 0.25) is 15.9 Å². The fourth-order valence-electron chi connectivity index (χ4n) is 3.75. The lowest BCUT2D eigenvalue weighted by Gasteiger charge is -2.26. The summed E-state index contributed by atoms with van der Waals surface area (Å²) in [6.07, 6.45) is 1.41. The molecule has 0 aliphatic carbocycles. The van der Waals surface area contributed by atoms with E-state index in [-0.39, 0.29) is 17.4 Å². The zero-order valence-electron chi connectivity index (χ0n) is 20.1. The third kappa shape index (κ3) is 6.54. The van der Waals surface area contributed by atoms with E-state index < -0.39 is 22.0 Å². The van der Waals surface area contributed by atoms with E-state index in [4.69, 9.17) is 9.47 Å². The number of rotatable bonds is 11.